The summed E-state index contributed by atoms with van der Waals surface area (Å²) in [7, 11) is -2.26. The fourth-order valence-electron chi connectivity index (χ4n) is 4.10. The Labute approximate surface area is 214 Å². The lowest BCUT2D eigenvalue weighted by Gasteiger charge is -2.14. The molecule has 0 saturated carbocycles. The maximum absolute atomic E-state index is 13.7. The van der Waals surface area contributed by atoms with Gasteiger partial charge in [-0.3, -0.25) is 9.78 Å². The summed E-state index contributed by atoms with van der Waals surface area (Å²) in [4.78, 5) is 23.4. The van der Waals surface area contributed by atoms with Gasteiger partial charge in [0.05, 0.1) is 21.0 Å². The number of aryl methyl sites for hydroxylation is 1. The molecule has 0 bridgehead atoms. The van der Waals surface area contributed by atoms with E-state index < -0.39 is 10.0 Å². The summed E-state index contributed by atoms with van der Waals surface area (Å²) in [5.74, 6) is -0.201. The molecule has 0 unspecified atom stereocenters. The third-order valence-electron chi connectivity index (χ3n) is 6.23. The first-order chi connectivity index (χ1) is 17.2. The monoisotopic (exact) mass is 518 g/mol. The summed E-state index contributed by atoms with van der Waals surface area (Å²) >= 11 is 6.55. The standard InChI is InChI=1S/C27H23ClN4O3S/c1-4-31(3)27(33)20-13-22-23(19-12-18-6-5-11-29-25(18)24(28)14-19)16-32(26(22)30-15-20)36(34,35)21-9-7-17(2)8-10-21/h5-16H,4H2,1-3H3. The van der Waals surface area contributed by atoms with Crippen LogP contribution in [-0.2, 0) is 10.0 Å². The molecule has 0 atom stereocenters. The topological polar surface area (TPSA) is 85.2 Å². The molecule has 3 heterocycles. The van der Waals surface area contributed by atoms with Crippen molar-refractivity contribution in [3.63, 3.8) is 0 Å². The minimum Gasteiger partial charge on any atom is -0.342 e. The minimum atomic E-state index is -3.96. The lowest BCUT2D eigenvalue weighted by Crippen LogP contribution is -2.26. The van der Waals surface area contributed by atoms with Gasteiger partial charge in [-0.15, -0.1) is 0 Å². The van der Waals surface area contributed by atoms with Crippen molar-refractivity contribution in [3.05, 3.63) is 89.3 Å². The Balaban J connectivity index is 1.79. The molecular formula is C27H23ClN4O3S. The van der Waals surface area contributed by atoms with Crippen LogP contribution in [0.15, 0.2) is 78.1 Å². The largest absolute Gasteiger partial charge is 0.342 e. The molecule has 5 rings (SSSR count). The minimum absolute atomic E-state index is 0.143. The second-order valence-electron chi connectivity index (χ2n) is 8.60. The predicted molar refractivity (Wildman–Crippen MR) is 142 cm³/mol. The van der Waals surface area contributed by atoms with E-state index >= 15 is 0 Å². The SMILES string of the molecule is CCN(C)C(=O)c1cnc2c(c1)c(-c1cc(Cl)c3ncccc3c1)cn2S(=O)(=O)c1ccc(C)cc1. The molecule has 0 saturated heterocycles. The number of hydrogen-bond donors (Lipinski definition) is 0. The van der Waals surface area contributed by atoms with Crippen LogP contribution in [0.2, 0.25) is 5.02 Å². The molecule has 7 nitrogen and oxygen atoms in total. The average Bonchev–Trinajstić information content (AvgIpc) is 3.28. The van der Waals surface area contributed by atoms with Crippen LogP contribution in [0.4, 0.5) is 0 Å². The normalized spacial score (nSPS) is 11.8. The molecule has 2 aromatic carbocycles. The van der Waals surface area contributed by atoms with Gasteiger partial charge in [-0.25, -0.2) is 17.4 Å². The van der Waals surface area contributed by atoms with Gasteiger partial charge in [0.2, 0.25) is 0 Å². The van der Waals surface area contributed by atoms with Crippen molar-refractivity contribution in [1.82, 2.24) is 18.8 Å². The van der Waals surface area contributed by atoms with Gasteiger partial charge in [-0.2, -0.15) is 0 Å². The van der Waals surface area contributed by atoms with E-state index in [0.717, 1.165) is 10.9 Å². The highest BCUT2D eigenvalue weighted by atomic mass is 35.5. The number of benzene rings is 2. The number of pyridine rings is 2. The number of halogens is 1. The molecule has 0 N–H and O–H groups in total. The highest BCUT2D eigenvalue weighted by Crippen LogP contribution is 2.36. The maximum atomic E-state index is 13.7. The first-order valence-corrected chi connectivity index (χ1v) is 13.2. The predicted octanol–water partition coefficient (Wildman–Crippen LogP) is 5.54. The van der Waals surface area contributed by atoms with E-state index in [-0.39, 0.29) is 16.4 Å². The number of fused-ring (bicyclic) bond motifs is 2. The Bertz CT molecular complexity index is 1750. The summed E-state index contributed by atoms with van der Waals surface area (Å²) < 4.78 is 28.5. The Morgan fingerprint density at radius 1 is 1.08 bits per heavy atom. The van der Waals surface area contributed by atoms with E-state index in [1.54, 1.807) is 60.7 Å². The number of rotatable bonds is 5. The lowest BCUT2D eigenvalue weighted by molar-refractivity contribution is 0.0802. The highest BCUT2D eigenvalue weighted by molar-refractivity contribution is 7.90. The second-order valence-corrected chi connectivity index (χ2v) is 10.8. The molecule has 3 aromatic heterocycles. The van der Waals surface area contributed by atoms with E-state index in [2.05, 4.69) is 9.97 Å². The van der Waals surface area contributed by atoms with Gasteiger partial charge in [0.15, 0.2) is 5.65 Å². The number of nitrogens with zero attached hydrogens (tertiary/aromatic N) is 4. The molecule has 0 spiro atoms. The summed E-state index contributed by atoms with van der Waals surface area (Å²) in [6.07, 6.45) is 4.62. The van der Waals surface area contributed by atoms with Crippen LogP contribution < -0.4 is 0 Å². The van der Waals surface area contributed by atoms with Gasteiger partial charge in [-0.05, 0) is 55.8 Å². The van der Waals surface area contributed by atoms with Crippen molar-refractivity contribution >= 4 is 49.5 Å². The van der Waals surface area contributed by atoms with E-state index in [0.29, 0.717) is 39.2 Å². The second kappa shape index (κ2) is 9.04. The molecule has 9 heteroatoms. The summed E-state index contributed by atoms with van der Waals surface area (Å²) in [5.41, 5.74) is 3.48. The van der Waals surface area contributed by atoms with Crippen molar-refractivity contribution < 1.29 is 13.2 Å². The Morgan fingerprint density at radius 3 is 2.56 bits per heavy atom. The lowest BCUT2D eigenvalue weighted by atomic mass is 10.0. The van der Waals surface area contributed by atoms with Crippen molar-refractivity contribution in [1.29, 1.82) is 0 Å². The van der Waals surface area contributed by atoms with E-state index in [4.69, 9.17) is 11.6 Å². The number of carbonyl (C=O) groups excluding carboxylic acids is 1. The van der Waals surface area contributed by atoms with Crippen LogP contribution in [-0.4, -0.2) is 46.8 Å². The van der Waals surface area contributed by atoms with Crippen molar-refractivity contribution in [3.8, 4) is 11.1 Å². The van der Waals surface area contributed by atoms with Crippen molar-refractivity contribution in [2.24, 2.45) is 0 Å². The Morgan fingerprint density at radius 2 is 1.83 bits per heavy atom. The summed E-state index contributed by atoms with van der Waals surface area (Å²) in [6.45, 7) is 4.30. The highest BCUT2D eigenvalue weighted by Gasteiger charge is 2.24. The fraction of sp³-hybridized carbons (Fsp3) is 0.148. The van der Waals surface area contributed by atoms with Crippen molar-refractivity contribution in [2.75, 3.05) is 13.6 Å². The van der Waals surface area contributed by atoms with Crippen LogP contribution >= 0.6 is 11.6 Å². The zero-order valence-corrected chi connectivity index (χ0v) is 21.5. The first kappa shape index (κ1) is 24.0. The molecular weight excluding hydrogens is 496 g/mol. The van der Waals surface area contributed by atoms with E-state index in [1.807, 2.05) is 32.0 Å². The summed E-state index contributed by atoms with van der Waals surface area (Å²) in [5, 5.41) is 1.78. The van der Waals surface area contributed by atoms with Gasteiger partial charge in [0, 0.05) is 48.5 Å². The number of carbonyl (C=O) groups is 1. The van der Waals surface area contributed by atoms with Crippen LogP contribution in [0.25, 0.3) is 33.1 Å². The van der Waals surface area contributed by atoms with Crippen LogP contribution in [0.5, 0.6) is 0 Å². The first-order valence-electron chi connectivity index (χ1n) is 11.3. The molecule has 0 fully saturated rings. The fourth-order valence-corrected chi connectivity index (χ4v) is 5.70. The Kier molecular flexibility index (Phi) is 6.02. The van der Waals surface area contributed by atoms with Crippen LogP contribution in [0, 0.1) is 6.92 Å². The van der Waals surface area contributed by atoms with Crippen molar-refractivity contribution in [2.45, 2.75) is 18.7 Å². The summed E-state index contributed by atoms with van der Waals surface area (Å²) in [6, 6.07) is 15.7. The average molecular weight is 519 g/mol. The molecule has 5 aromatic rings. The third kappa shape index (κ3) is 4.02. The quantitative estimate of drug-likeness (QED) is 0.305. The van der Waals surface area contributed by atoms with Gasteiger partial charge in [-0.1, -0.05) is 35.4 Å². The maximum Gasteiger partial charge on any atom is 0.269 e. The van der Waals surface area contributed by atoms with Gasteiger partial charge in [0.1, 0.15) is 0 Å². The zero-order chi connectivity index (χ0) is 25.6. The van der Waals surface area contributed by atoms with Crippen LogP contribution in [0.1, 0.15) is 22.8 Å². The van der Waals surface area contributed by atoms with Gasteiger partial charge >= 0.3 is 0 Å². The van der Waals surface area contributed by atoms with Crippen LogP contribution in [0.3, 0.4) is 0 Å². The molecule has 0 aliphatic rings. The molecule has 36 heavy (non-hydrogen) atoms. The van der Waals surface area contributed by atoms with Gasteiger partial charge in [0.25, 0.3) is 15.9 Å². The molecule has 0 aliphatic carbocycles. The number of amides is 1. The molecule has 1 amide bonds. The zero-order valence-electron chi connectivity index (χ0n) is 19.9. The third-order valence-corrected chi connectivity index (χ3v) is 8.18. The number of aromatic nitrogens is 3. The number of hydrogen-bond acceptors (Lipinski definition) is 5. The smallest absolute Gasteiger partial charge is 0.269 e. The molecule has 0 radical (unpaired) electrons. The van der Waals surface area contributed by atoms with Gasteiger partial charge < -0.3 is 4.90 Å². The van der Waals surface area contributed by atoms with E-state index in [9.17, 15) is 13.2 Å². The Hall–Kier alpha value is -3.75. The van der Waals surface area contributed by atoms with E-state index in [1.165, 1.54) is 10.2 Å². The molecule has 0 aliphatic heterocycles. The molecule has 182 valence electrons.